The molecule has 0 bridgehead atoms. The van der Waals surface area contributed by atoms with E-state index in [-0.39, 0.29) is 6.04 Å². The van der Waals surface area contributed by atoms with Gasteiger partial charge in [0.05, 0.1) is 17.1 Å². The van der Waals surface area contributed by atoms with E-state index < -0.39 is 11.0 Å². The monoisotopic (exact) mass is 248 g/mol. The summed E-state index contributed by atoms with van der Waals surface area (Å²) >= 11 is 0. The second kappa shape index (κ2) is 4.51. The molecule has 2 heterocycles. The summed E-state index contributed by atoms with van der Waals surface area (Å²) in [5, 5.41) is 21.1. The van der Waals surface area contributed by atoms with Gasteiger partial charge in [-0.3, -0.25) is 4.90 Å². The predicted octanol–water partition coefficient (Wildman–Crippen LogP) is 2.45. The molecule has 0 aromatic rings. The highest BCUT2D eigenvalue weighted by Gasteiger charge is 2.60. The molecule has 0 spiro atoms. The Bertz CT molecular complexity index is 354. The maximum Gasteiger partial charge on any atom is 0.0999 e. The Morgan fingerprint density at radius 3 is 2.39 bits per heavy atom. The van der Waals surface area contributed by atoms with Crippen LogP contribution < -0.4 is 0 Å². The molecule has 3 rings (SSSR count). The van der Waals surface area contributed by atoms with E-state index in [1.165, 1.54) is 19.3 Å². The molecule has 3 nitrogen and oxygen atoms in total. The van der Waals surface area contributed by atoms with Crippen LogP contribution in [0, 0.1) is 16.7 Å². The number of aliphatic hydroxyl groups is 1. The van der Waals surface area contributed by atoms with Crippen LogP contribution in [-0.4, -0.2) is 34.7 Å². The molecule has 1 saturated carbocycles. The smallest absolute Gasteiger partial charge is 0.0999 e. The summed E-state index contributed by atoms with van der Waals surface area (Å²) < 4.78 is 0. The topological polar surface area (TPSA) is 47.3 Å². The van der Waals surface area contributed by atoms with E-state index in [2.05, 4.69) is 11.0 Å². The standard InChI is InChI=1S/C15H24N2O/c16-12-14(7-3-1-2-4-8-14)15(18)9-11-17-10-5-6-13(15)17/h13,18H,1-11H2. The number of fused-ring (bicyclic) bond motifs is 1. The van der Waals surface area contributed by atoms with Gasteiger partial charge >= 0.3 is 0 Å². The van der Waals surface area contributed by atoms with E-state index in [0.29, 0.717) is 0 Å². The van der Waals surface area contributed by atoms with Gasteiger partial charge in [-0.25, -0.2) is 0 Å². The molecule has 2 atom stereocenters. The first kappa shape index (κ1) is 12.4. The van der Waals surface area contributed by atoms with E-state index in [1.807, 2.05) is 0 Å². The zero-order valence-corrected chi connectivity index (χ0v) is 11.2. The molecule has 3 aliphatic rings. The molecular weight excluding hydrogens is 224 g/mol. The molecule has 0 aromatic heterocycles. The maximum atomic E-state index is 11.3. The van der Waals surface area contributed by atoms with E-state index in [0.717, 1.165) is 51.6 Å². The zero-order chi connectivity index (χ0) is 12.6. The molecule has 1 N–H and O–H groups in total. The fourth-order valence-corrected chi connectivity index (χ4v) is 4.65. The first-order valence-electron chi connectivity index (χ1n) is 7.60. The highest BCUT2D eigenvalue weighted by molar-refractivity contribution is 5.19. The lowest BCUT2D eigenvalue weighted by Crippen LogP contribution is -2.54. The van der Waals surface area contributed by atoms with Crippen LogP contribution in [0.4, 0.5) is 0 Å². The quantitative estimate of drug-likeness (QED) is 0.725. The van der Waals surface area contributed by atoms with Crippen molar-refractivity contribution in [1.29, 1.82) is 5.26 Å². The van der Waals surface area contributed by atoms with Crippen LogP contribution in [-0.2, 0) is 0 Å². The average molecular weight is 248 g/mol. The van der Waals surface area contributed by atoms with Gasteiger partial charge in [0.15, 0.2) is 0 Å². The number of hydrogen-bond donors (Lipinski definition) is 1. The van der Waals surface area contributed by atoms with E-state index >= 15 is 0 Å². The third-order valence-electron chi connectivity index (χ3n) is 5.69. The van der Waals surface area contributed by atoms with Crippen molar-refractivity contribution in [3.05, 3.63) is 0 Å². The Kier molecular flexibility index (Phi) is 3.11. The van der Waals surface area contributed by atoms with Crippen molar-refractivity contribution in [2.45, 2.75) is 69.4 Å². The second-order valence-corrected chi connectivity index (χ2v) is 6.48. The van der Waals surface area contributed by atoms with Crippen LogP contribution in [0.1, 0.15) is 57.8 Å². The van der Waals surface area contributed by atoms with Crippen molar-refractivity contribution >= 4 is 0 Å². The lowest BCUT2D eigenvalue weighted by molar-refractivity contribution is -0.0806. The molecule has 100 valence electrons. The van der Waals surface area contributed by atoms with Gasteiger partial charge in [-0.05, 0) is 38.6 Å². The summed E-state index contributed by atoms with van der Waals surface area (Å²) in [6.07, 6.45) is 9.58. The first-order chi connectivity index (χ1) is 8.72. The Morgan fingerprint density at radius 2 is 1.72 bits per heavy atom. The predicted molar refractivity (Wildman–Crippen MR) is 69.9 cm³/mol. The summed E-state index contributed by atoms with van der Waals surface area (Å²) in [6, 6.07) is 2.84. The van der Waals surface area contributed by atoms with E-state index in [1.54, 1.807) is 0 Å². The second-order valence-electron chi connectivity index (χ2n) is 6.48. The van der Waals surface area contributed by atoms with Gasteiger partial charge in [0.25, 0.3) is 0 Å². The molecule has 3 fully saturated rings. The molecule has 18 heavy (non-hydrogen) atoms. The van der Waals surface area contributed by atoms with E-state index in [4.69, 9.17) is 0 Å². The van der Waals surface area contributed by atoms with Crippen LogP contribution in [0.25, 0.3) is 0 Å². The minimum atomic E-state index is -0.734. The normalized spacial score (nSPS) is 40.1. The number of nitrogens with zero attached hydrogens (tertiary/aromatic N) is 2. The van der Waals surface area contributed by atoms with Crippen molar-refractivity contribution in [2.24, 2.45) is 5.41 Å². The molecule has 0 amide bonds. The van der Waals surface area contributed by atoms with Gasteiger partial charge in [-0.15, -0.1) is 0 Å². The average Bonchev–Trinajstić information content (AvgIpc) is 2.87. The van der Waals surface area contributed by atoms with Gasteiger partial charge in [0.1, 0.15) is 0 Å². The van der Waals surface area contributed by atoms with Gasteiger partial charge in [-0.2, -0.15) is 5.26 Å². The highest BCUT2D eigenvalue weighted by Crippen LogP contribution is 2.52. The molecular formula is C15H24N2O. The summed E-state index contributed by atoms with van der Waals surface area (Å²) in [7, 11) is 0. The molecule has 0 radical (unpaired) electrons. The number of nitriles is 1. The summed E-state index contributed by atoms with van der Waals surface area (Å²) in [6.45, 7) is 2.11. The third kappa shape index (κ3) is 1.62. The van der Waals surface area contributed by atoms with Gasteiger partial charge < -0.3 is 5.11 Å². The van der Waals surface area contributed by atoms with Crippen molar-refractivity contribution in [2.75, 3.05) is 13.1 Å². The van der Waals surface area contributed by atoms with Crippen LogP contribution in [0.15, 0.2) is 0 Å². The molecule has 2 unspecified atom stereocenters. The largest absolute Gasteiger partial charge is 0.387 e. The lowest BCUT2D eigenvalue weighted by Gasteiger charge is -2.43. The van der Waals surface area contributed by atoms with E-state index in [9.17, 15) is 10.4 Å². The fraction of sp³-hybridized carbons (Fsp3) is 0.933. The lowest BCUT2D eigenvalue weighted by atomic mass is 9.64. The van der Waals surface area contributed by atoms with Crippen molar-refractivity contribution < 1.29 is 5.11 Å². The van der Waals surface area contributed by atoms with Crippen molar-refractivity contribution in [1.82, 2.24) is 4.90 Å². The van der Waals surface area contributed by atoms with Gasteiger partial charge in [0, 0.05) is 12.6 Å². The molecule has 2 aliphatic heterocycles. The van der Waals surface area contributed by atoms with Crippen LogP contribution in [0.5, 0.6) is 0 Å². The Balaban J connectivity index is 1.92. The minimum Gasteiger partial charge on any atom is -0.387 e. The molecule has 2 saturated heterocycles. The SMILES string of the molecule is N#CC1(C2(O)CCN3CCCC32)CCCCCC1. The molecule has 1 aliphatic carbocycles. The Labute approximate surface area is 110 Å². The molecule has 0 aromatic carbocycles. The zero-order valence-electron chi connectivity index (χ0n) is 11.2. The van der Waals surface area contributed by atoms with Crippen LogP contribution in [0.2, 0.25) is 0 Å². The maximum absolute atomic E-state index is 11.3. The van der Waals surface area contributed by atoms with Crippen LogP contribution >= 0.6 is 0 Å². The fourth-order valence-electron chi connectivity index (χ4n) is 4.65. The van der Waals surface area contributed by atoms with Crippen molar-refractivity contribution in [3.63, 3.8) is 0 Å². The molecule has 3 heteroatoms. The summed E-state index contributed by atoms with van der Waals surface area (Å²) in [4.78, 5) is 2.42. The summed E-state index contributed by atoms with van der Waals surface area (Å²) in [5.41, 5.74) is -1.20. The van der Waals surface area contributed by atoms with Crippen LogP contribution in [0.3, 0.4) is 0 Å². The Hall–Kier alpha value is -0.590. The van der Waals surface area contributed by atoms with Gasteiger partial charge in [0.2, 0.25) is 0 Å². The number of hydrogen-bond acceptors (Lipinski definition) is 3. The number of rotatable bonds is 1. The first-order valence-corrected chi connectivity index (χ1v) is 7.60. The van der Waals surface area contributed by atoms with Crippen molar-refractivity contribution in [3.8, 4) is 6.07 Å². The Morgan fingerprint density at radius 1 is 1.00 bits per heavy atom. The summed E-state index contributed by atoms with van der Waals surface area (Å²) in [5.74, 6) is 0. The van der Waals surface area contributed by atoms with Gasteiger partial charge in [-0.1, -0.05) is 25.7 Å². The highest BCUT2D eigenvalue weighted by atomic mass is 16.3. The minimum absolute atomic E-state index is 0.259. The third-order valence-corrected chi connectivity index (χ3v) is 5.69.